The third kappa shape index (κ3) is 5.85. The van der Waals surface area contributed by atoms with Crippen molar-refractivity contribution in [3.05, 3.63) is 0 Å². The fourth-order valence-electron chi connectivity index (χ4n) is 0.800. The van der Waals surface area contributed by atoms with Gasteiger partial charge in [0.25, 0.3) is 0 Å². The zero-order valence-electron chi connectivity index (χ0n) is 7.39. The number of hydrogen-bond donors (Lipinski definition) is 2. The van der Waals surface area contributed by atoms with Crippen LogP contribution in [0.5, 0.6) is 0 Å². The van der Waals surface area contributed by atoms with Crippen LogP contribution in [0.3, 0.4) is 0 Å². The Labute approximate surface area is 68.3 Å². The Bertz CT molecular complexity index is 115. The molecule has 1 atom stereocenters. The molecule has 0 aromatic carbocycles. The van der Waals surface area contributed by atoms with Gasteiger partial charge in [-0.15, -0.1) is 0 Å². The molecule has 0 aromatic heterocycles. The Kier molecular flexibility index (Phi) is 5.84. The van der Waals surface area contributed by atoms with Crippen molar-refractivity contribution in [2.75, 3.05) is 13.1 Å². The predicted molar refractivity (Wildman–Crippen MR) is 46.1 cm³/mol. The number of rotatable bonds is 5. The van der Waals surface area contributed by atoms with Crippen LogP contribution in [0.2, 0.25) is 0 Å². The molecular formula is C8H18N2O. The van der Waals surface area contributed by atoms with Gasteiger partial charge in [-0.2, -0.15) is 0 Å². The molecule has 11 heavy (non-hydrogen) atoms. The first-order valence-corrected chi connectivity index (χ1v) is 4.17. The first-order valence-electron chi connectivity index (χ1n) is 4.17. The monoisotopic (exact) mass is 158 g/mol. The molecule has 1 amide bonds. The van der Waals surface area contributed by atoms with Gasteiger partial charge in [0.15, 0.2) is 0 Å². The van der Waals surface area contributed by atoms with E-state index in [0.29, 0.717) is 18.9 Å². The van der Waals surface area contributed by atoms with Crippen molar-refractivity contribution in [1.29, 1.82) is 0 Å². The molecular weight excluding hydrogens is 140 g/mol. The largest absolute Gasteiger partial charge is 0.356 e. The third-order valence-corrected chi connectivity index (χ3v) is 1.63. The molecule has 0 aliphatic carbocycles. The number of hydrogen-bond acceptors (Lipinski definition) is 2. The third-order valence-electron chi connectivity index (χ3n) is 1.63. The molecule has 0 aliphatic rings. The Morgan fingerprint density at radius 1 is 1.64 bits per heavy atom. The van der Waals surface area contributed by atoms with Gasteiger partial charge in [-0.25, -0.2) is 0 Å². The van der Waals surface area contributed by atoms with E-state index in [0.717, 1.165) is 13.0 Å². The lowest BCUT2D eigenvalue weighted by Gasteiger charge is -2.10. The lowest BCUT2D eigenvalue weighted by Crippen LogP contribution is -2.28. The SMILES string of the molecule is CCC(=O)NCC(C)CCN. The highest BCUT2D eigenvalue weighted by Crippen LogP contribution is 1.96. The van der Waals surface area contributed by atoms with Crippen molar-refractivity contribution in [3.63, 3.8) is 0 Å². The standard InChI is InChI=1S/C8H18N2O/c1-3-8(11)10-6-7(2)4-5-9/h7H,3-6,9H2,1-2H3,(H,10,11). The molecule has 3 nitrogen and oxygen atoms in total. The Morgan fingerprint density at radius 3 is 2.73 bits per heavy atom. The van der Waals surface area contributed by atoms with Crippen LogP contribution in [-0.2, 0) is 4.79 Å². The minimum absolute atomic E-state index is 0.119. The first kappa shape index (κ1) is 10.4. The fraction of sp³-hybridized carbons (Fsp3) is 0.875. The van der Waals surface area contributed by atoms with Crippen LogP contribution in [0, 0.1) is 5.92 Å². The van der Waals surface area contributed by atoms with Gasteiger partial charge in [0.2, 0.25) is 5.91 Å². The van der Waals surface area contributed by atoms with Crippen molar-refractivity contribution in [2.45, 2.75) is 26.7 Å². The average molecular weight is 158 g/mol. The average Bonchev–Trinajstić information content (AvgIpc) is 2.01. The Morgan fingerprint density at radius 2 is 2.27 bits per heavy atom. The molecule has 1 unspecified atom stereocenters. The molecule has 0 saturated heterocycles. The van der Waals surface area contributed by atoms with E-state index < -0.39 is 0 Å². The minimum atomic E-state index is 0.119. The molecule has 0 radical (unpaired) electrons. The van der Waals surface area contributed by atoms with Gasteiger partial charge in [-0.1, -0.05) is 13.8 Å². The first-order chi connectivity index (χ1) is 5.20. The molecule has 0 rings (SSSR count). The van der Waals surface area contributed by atoms with E-state index in [1.807, 2.05) is 6.92 Å². The fourth-order valence-corrected chi connectivity index (χ4v) is 0.800. The normalized spacial score (nSPS) is 12.6. The van der Waals surface area contributed by atoms with E-state index >= 15 is 0 Å². The van der Waals surface area contributed by atoms with Crippen LogP contribution in [0.25, 0.3) is 0 Å². The van der Waals surface area contributed by atoms with Crippen LogP contribution in [0.15, 0.2) is 0 Å². The molecule has 0 bridgehead atoms. The summed E-state index contributed by atoms with van der Waals surface area (Å²) < 4.78 is 0. The van der Waals surface area contributed by atoms with Gasteiger partial charge in [-0.05, 0) is 18.9 Å². The summed E-state index contributed by atoms with van der Waals surface area (Å²) in [6, 6.07) is 0. The maximum atomic E-state index is 10.8. The van der Waals surface area contributed by atoms with Crippen molar-refractivity contribution >= 4 is 5.91 Å². The molecule has 0 aliphatic heterocycles. The van der Waals surface area contributed by atoms with Crippen LogP contribution < -0.4 is 11.1 Å². The summed E-state index contributed by atoms with van der Waals surface area (Å²) in [6.07, 6.45) is 1.54. The smallest absolute Gasteiger partial charge is 0.219 e. The second kappa shape index (κ2) is 6.16. The summed E-state index contributed by atoms with van der Waals surface area (Å²) >= 11 is 0. The molecule has 0 saturated carbocycles. The highest BCUT2D eigenvalue weighted by molar-refractivity contribution is 5.75. The topological polar surface area (TPSA) is 55.1 Å². The zero-order chi connectivity index (χ0) is 8.69. The van der Waals surface area contributed by atoms with E-state index in [9.17, 15) is 4.79 Å². The Hall–Kier alpha value is -0.570. The second-order valence-corrected chi connectivity index (χ2v) is 2.84. The van der Waals surface area contributed by atoms with Gasteiger partial charge >= 0.3 is 0 Å². The number of nitrogens with two attached hydrogens (primary N) is 1. The molecule has 0 fully saturated rings. The van der Waals surface area contributed by atoms with Gasteiger partial charge in [0.05, 0.1) is 0 Å². The van der Waals surface area contributed by atoms with Crippen LogP contribution >= 0.6 is 0 Å². The van der Waals surface area contributed by atoms with E-state index in [1.54, 1.807) is 0 Å². The zero-order valence-corrected chi connectivity index (χ0v) is 7.39. The maximum Gasteiger partial charge on any atom is 0.219 e. The van der Waals surface area contributed by atoms with Gasteiger partial charge in [0.1, 0.15) is 0 Å². The van der Waals surface area contributed by atoms with Crippen molar-refractivity contribution in [2.24, 2.45) is 11.7 Å². The second-order valence-electron chi connectivity index (χ2n) is 2.84. The van der Waals surface area contributed by atoms with Crippen molar-refractivity contribution in [3.8, 4) is 0 Å². The molecule has 66 valence electrons. The molecule has 3 N–H and O–H groups in total. The van der Waals surface area contributed by atoms with E-state index in [-0.39, 0.29) is 5.91 Å². The summed E-state index contributed by atoms with van der Waals surface area (Å²) in [5.41, 5.74) is 5.36. The van der Waals surface area contributed by atoms with Gasteiger partial charge in [0, 0.05) is 13.0 Å². The summed E-state index contributed by atoms with van der Waals surface area (Å²) in [7, 11) is 0. The maximum absolute atomic E-state index is 10.8. The molecule has 3 heteroatoms. The molecule has 0 heterocycles. The summed E-state index contributed by atoms with van der Waals surface area (Å²) in [5, 5.41) is 2.82. The number of nitrogens with one attached hydrogen (secondary N) is 1. The van der Waals surface area contributed by atoms with E-state index in [2.05, 4.69) is 12.2 Å². The minimum Gasteiger partial charge on any atom is -0.356 e. The number of carbonyl (C=O) groups excluding carboxylic acids is 1. The highest BCUT2D eigenvalue weighted by atomic mass is 16.1. The molecule has 0 aromatic rings. The Balaban J connectivity index is 3.29. The summed E-state index contributed by atoms with van der Waals surface area (Å²) in [6.45, 7) is 5.39. The highest BCUT2D eigenvalue weighted by Gasteiger charge is 2.01. The van der Waals surface area contributed by atoms with Gasteiger partial charge in [-0.3, -0.25) is 4.79 Å². The van der Waals surface area contributed by atoms with E-state index in [4.69, 9.17) is 5.73 Å². The molecule has 0 spiro atoms. The van der Waals surface area contributed by atoms with E-state index in [1.165, 1.54) is 0 Å². The summed E-state index contributed by atoms with van der Waals surface area (Å²) in [5.74, 6) is 0.615. The van der Waals surface area contributed by atoms with Crippen LogP contribution in [0.1, 0.15) is 26.7 Å². The van der Waals surface area contributed by atoms with Crippen LogP contribution in [-0.4, -0.2) is 19.0 Å². The summed E-state index contributed by atoms with van der Waals surface area (Å²) in [4.78, 5) is 10.8. The number of amides is 1. The lowest BCUT2D eigenvalue weighted by molar-refractivity contribution is -0.120. The van der Waals surface area contributed by atoms with Gasteiger partial charge < -0.3 is 11.1 Å². The lowest BCUT2D eigenvalue weighted by atomic mass is 10.1. The van der Waals surface area contributed by atoms with Crippen LogP contribution in [0.4, 0.5) is 0 Å². The predicted octanol–water partition coefficient (Wildman–Crippen LogP) is 0.497. The van der Waals surface area contributed by atoms with Crippen molar-refractivity contribution < 1.29 is 4.79 Å². The quantitative estimate of drug-likeness (QED) is 0.612. The number of carbonyl (C=O) groups is 1. The van der Waals surface area contributed by atoms with Crippen molar-refractivity contribution in [1.82, 2.24) is 5.32 Å².